The van der Waals surface area contributed by atoms with Crippen molar-refractivity contribution in [3.05, 3.63) is 24.3 Å². The number of rotatable bonds is 4. The number of amides is 1. The molecular formula is C13H15N3O3. The summed E-state index contributed by atoms with van der Waals surface area (Å²) in [5.41, 5.74) is 0. The minimum Gasteiger partial charge on any atom is -0.461 e. The molecule has 1 fully saturated rings. The molecule has 0 aliphatic carbocycles. The number of carbonyl (C=O) groups excluding carboxylic acids is 1. The lowest BCUT2D eigenvalue weighted by Crippen LogP contribution is -2.27. The Kier molecular flexibility index (Phi) is 3.31. The van der Waals surface area contributed by atoms with Gasteiger partial charge < -0.3 is 13.8 Å². The van der Waals surface area contributed by atoms with Crippen molar-refractivity contribution in [1.29, 1.82) is 0 Å². The van der Waals surface area contributed by atoms with Crippen LogP contribution in [-0.2, 0) is 11.2 Å². The molecule has 6 nitrogen and oxygen atoms in total. The van der Waals surface area contributed by atoms with Gasteiger partial charge in [0.25, 0.3) is 0 Å². The summed E-state index contributed by atoms with van der Waals surface area (Å²) in [7, 11) is 0. The molecule has 3 rings (SSSR count). The molecule has 0 saturated carbocycles. The summed E-state index contributed by atoms with van der Waals surface area (Å²) in [6.45, 7) is 1.75. The molecule has 0 atom stereocenters. The summed E-state index contributed by atoms with van der Waals surface area (Å²) >= 11 is 0. The minimum atomic E-state index is 0.162. The summed E-state index contributed by atoms with van der Waals surface area (Å²) in [6.07, 6.45) is 4.66. The number of hydrogen-bond donors (Lipinski definition) is 0. The number of aryl methyl sites for hydroxylation is 1. The van der Waals surface area contributed by atoms with Crippen LogP contribution < -0.4 is 0 Å². The topological polar surface area (TPSA) is 72.4 Å². The Morgan fingerprint density at radius 3 is 2.95 bits per heavy atom. The second-order valence-corrected chi connectivity index (χ2v) is 4.58. The Morgan fingerprint density at radius 2 is 2.21 bits per heavy atom. The van der Waals surface area contributed by atoms with E-state index in [1.807, 2.05) is 4.90 Å². The van der Waals surface area contributed by atoms with E-state index < -0.39 is 0 Å². The highest BCUT2D eigenvalue weighted by atomic mass is 16.5. The van der Waals surface area contributed by atoms with Gasteiger partial charge in [-0.05, 0) is 25.0 Å². The lowest BCUT2D eigenvalue weighted by Gasteiger charge is -2.13. The molecule has 0 spiro atoms. The van der Waals surface area contributed by atoms with Crippen LogP contribution in [0.25, 0.3) is 11.6 Å². The first-order valence-electron chi connectivity index (χ1n) is 6.47. The van der Waals surface area contributed by atoms with E-state index in [9.17, 15) is 4.79 Å². The van der Waals surface area contributed by atoms with Gasteiger partial charge in [0.1, 0.15) is 0 Å². The molecule has 3 heterocycles. The van der Waals surface area contributed by atoms with Crippen molar-refractivity contribution in [1.82, 2.24) is 15.0 Å². The SMILES string of the molecule is O=C(CCc1nc(-c2ccco2)no1)N1CCCC1. The number of likely N-dealkylation sites (tertiary alicyclic amines) is 1. The largest absolute Gasteiger partial charge is 0.461 e. The van der Waals surface area contributed by atoms with Gasteiger partial charge in [0.2, 0.25) is 17.6 Å². The van der Waals surface area contributed by atoms with E-state index in [1.54, 1.807) is 18.4 Å². The van der Waals surface area contributed by atoms with Crippen LogP contribution in [0.5, 0.6) is 0 Å². The molecule has 6 heteroatoms. The predicted molar refractivity (Wildman–Crippen MR) is 66.1 cm³/mol. The number of carbonyl (C=O) groups is 1. The molecular weight excluding hydrogens is 246 g/mol. The lowest BCUT2D eigenvalue weighted by atomic mass is 10.3. The Bertz CT molecular complexity index is 541. The number of furan rings is 1. The van der Waals surface area contributed by atoms with E-state index in [4.69, 9.17) is 8.94 Å². The Morgan fingerprint density at radius 1 is 1.37 bits per heavy atom. The van der Waals surface area contributed by atoms with Crippen LogP contribution >= 0.6 is 0 Å². The molecule has 2 aromatic rings. The molecule has 100 valence electrons. The number of nitrogens with zero attached hydrogens (tertiary/aromatic N) is 3. The van der Waals surface area contributed by atoms with Crippen molar-refractivity contribution in [2.45, 2.75) is 25.7 Å². The average Bonchev–Trinajstić information content (AvgIpc) is 3.14. The second kappa shape index (κ2) is 5.26. The molecule has 0 unspecified atom stereocenters. The van der Waals surface area contributed by atoms with Crippen LogP contribution in [0.15, 0.2) is 27.3 Å². The average molecular weight is 261 g/mol. The van der Waals surface area contributed by atoms with Crippen molar-refractivity contribution in [3.63, 3.8) is 0 Å². The van der Waals surface area contributed by atoms with E-state index >= 15 is 0 Å². The molecule has 1 saturated heterocycles. The van der Waals surface area contributed by atoms with E-state index in [0.29, 0.717) is 30.3 Å². The molecule has 0 radical (unpaired) electrons. The molecule has 19 heavy (non-hydrogen) atoms. The van der Waals surface area contributed by atoms with Crippen LogP contribution in [0, 0.1) is 0 Å². The Balaban J connectivity index is 1.57. The van der Waals surface area contributed by atoms with Gasteiger partial charge in [0.15, 0.2) is 5.76 Å². The third kappa shape index (κ3) is 2.67. The lowest BCUT2D eigenvalue weighted by molar-refractivity contribution is -0.130. The maximum Gasteiger partial charge on any atom is 0.238 e. The minimum absolute atomic E-state index is 0.162. The maximum absolute atomic E-state index is 11.9. The molecule has 2 aromatic heterocycles. The number of hydrogen-bond acceptors (Lipinski definition) is 5. The first-order chi connectivity index (χ1) is 9.33. The third-order valence-electron chi connectivity index (χ3n) is 3.22. The zero-order valence-corrected chi connectivity index (χ0v) is 10.5. The van der Waals surface area contributed by atoms with Crippen molar-refractivity contribution in [2.24, 2.45) is 0 Å². The van der Waals surface area contributed by atoms with Crippen LogP contribution in [0.1, 0.15) is 25.2 Å². The van der Waals surface area contributed by atoms with Gasteiger partial charge in [-0.15, -0.1) is 0 Å². The summed E-state index contributed by atoms with van der Waals surface area (Å²) in [5.74, 6) is 1.63. The van der Waals surface area contributed by atoms with E-state index in [-0.39, 0.29) is 5.91 Å². The summed E-state index contributed by atoms with van der Waals surface area (Å²) in [5, 5.41) is 3.83. The summed E-state index contributed by atoms with van der Waals surface area (Å²) in [4.78, 5) is 18.0. The van der Waals surface area contributed by atoms with E-state index in [2.05, 4.69) is 10.1 Å². The van der Waals surface area contributed by atoms with Crippen LogP contribution in [0.3, 0.4) is 0 Å². The summed E-state index contributed by atoms with van der Waals surface area (Å²) in [6, 6.07) is 3.53. The second-order valence-electron chi connectivity index (χ2n) is 4.58. The van der Waals surface area contributed by atoms with Crippen LogP contribution in [0.4, 0.5) is 0 Å². The van der Waals surface area contributed by atoms with Crippen molar-refractivity contribution in [2.75, 3.05) is 13.1 Å². The zero-order chi connectivity index (χ0) is 13.1. The van der Waals surface area contributed by atoms with Gasteiger partial charge in [-0.2, -0.15) is 4.98 Å². The third-order valence-corrected chi connectivity index (χ3v) is 3.22. The van der Waals surface area contributed by atoms with Crippen molar-refractivity contribution < 1.29 is 13.7 Å². The fourth-order valence-electron chi connectivity index (χ4n) is 2.20. The van der Waals surface area contributed by atoms with Gasteiger partial charge in [-0.3, -0.25) is 4.79 Å². The zero-order valence-electron chi connectivity index (χ0n) is 10.5. The molecule has 1 amide bonds. The molecule has 0 N–H and O–H groups in total. The summed E-state index contributed by atoms with van der Waals surface area (Å²) < 4.78 is 10.3. The van der Waals surface area contributed by atoms with Gasteiger partial charge in [-0.25, -0.2) is 0 Å². The first-order valence-corrected chi connectivity index (χ1v) is 6.47. The Labute approximate surface area is 110 Å². The van der Waals surface area contributed by atoms with Gasteiger partial charge in [-0.1, -0.05) is 5.16 Å². The normalized spacial score (nSPS) is 15.1. The highest BCUT2D eigenvalue weighted by Gasteiger charge is 2.19. The van der Waals surface area contributed by atoms with Gasteiger partial charge >= 0.3 is 0 Å². The highest BCUT2D eigenvalue weighted by molar-refractivity contribution is 5.76. The smallest absolute Gasteiger partial charge is 0.238 e. The number of aromatic nitrogens is 2. The molecule has 0 bridgehead atoms. The fraction of sp³-hybridized carbons (Fsp3) is 0.462. The highest BCUT2D eigenvalue weighted by Crippen LogP contribution is 2.17. The van der Waals surface area contributed by atoms with Crippen LogP contribution in [-0.4, -0.2) is 34.0 Å². The van der Waals surface area contributed by atoms with Gasteiger partial charge in [0.05, 0.1) is 6.26 Å². The van der Waals surface area contributed by atoms with Gasteiger partial charge in [0, 0.05) is 25.9 Å². The van der Waals surface area contributed by atoms with Crippen molar-refractivity contribution in [3.8, 4) is 11.6 Å². The maximum atomic E-state index is 11.9. The molecule has 0 aromatic carbocycles. The Hall–Kier alpha value is -2.11. The molecule has 1 aliphatic heterocycles. The van der Waals surface area contributed by atoms with Crippen LogP contribution in [0.2, 0.25) is 0 Å². The van der Waals surface area contributed by atoms with E-state index in [0.717, 1.165) is 25.9 Å². The standard InChI is InChI=1S/C13H15N3O3/c17-12(16-7-1-2-8-16)6-5-11-14-13(15-19-11)10-4-3-9-18-10/h3-4,9H,1-2,5-8H2. The predicted octanol–water partition coefficient (Wildman–Crippen LogP) is 1.88. The monoisotopic (exact) mass is 261 g/mol. The van der Waals surface area contributed by atoms with Crippen molar-refractivity contribution >= 4 is 5.91 Å². The quantitative estimate of drug-likeness (QED) is 0.840. The first kappa shape index (κ1) is 12.0. The van der Waals surface area contributed by atoms with E-state index in [1.165, 1.54) is 0 Å². The fourth-order valence-corrected chi connectivity index (χ4v) is 2.20. The molecule has 1 aliphatic rings.